The second kappa shape index (κ2) is 8.20. The van der Waals surface area contributed by atoms with Crippen LogP contribution < -0.4 is 10.3 Å². The number of benzene rings is 2. The fourth-order valence-electron chi connectivity index (χ4n) is 2.71. The highest BCUT2D eigenvalue weighted by Crippen LogP contribution is 2.28. The van der Waals surface area contributed by atoms with Crippen molar-refractivity contribution in [1.29, 1.82) is 0 Å². The molecular weight excluding hydrogens is 430 g/mol. The molecule has 0 spiro atoms. The molecule has 1 N–H and O–H groups in total. The van der Waals surface area contributed by atoms with Gasteiger partial charge in [0.15, 0.2) is 27.2 Å². The molecule has 0 amide bonds. The quantitative estimate of drug-likeness (QED) is 0.620. The average Bonchev–Trinajstić information content (AvgIpc) is 2.68. The van der Waals surface area contributed by atoms with E-state index >= 15 is 0 Å². The molecule has 0 aliphatic carbocycles. The second-order valence-corrected chi connectivity index (χ2v) is 9.62. The number of rotatable bonds is 6. The van der Waals surface area contributed by atoms with E-state index in [9.17, 15) is 27.1 Å². The van der Waals surface area contributed by atoms with Crippen molar-refractivity contribution in [2.24, 2.45) is 0 Å². The first kappa shape index (κ1) is 22.6. The monoisotopic (exact) mass is 450 g/mol. The van der Waals surface area contributed by atoms with E-state index in [1.54, 1.807) is 0 Å². The Balaban J connectivity index is 2.15. The predicted octanol–water partition coefficient (Wildman–Crippen LogP) is 2.73. The van der Waals surface area contributed by atoms with E-state index in [1.807, 2.05) is 0 Å². The van der Waals surface area contributed by atoms with Gasteiger partial charge in [0.05, 0.1) is 22.4 Å². The third-order valence-corrected chi connectivity index (χ3v) is 5.37. The van der Waals surface area contributed by atoms with Crippen molar-refractivity contribution in [1.82, 2.24) is 9.78 Å². The van der Waals surface area contributed by atoms with Gasteiger partial charge in [-0.1, -0.05) is 12.1 Å². The van der Waals surface area contributed by atoms with E-state index in [4.69, 9.17) is 4.74 Å². The summed E-state index contributed by atoms with van der Waals surface area (Å²) in [7, 11) is -3.41. The lowest BCUT2D eigenvalue weighted by Gasteiger charge is -2.19. The van der Waals surface area contributed by atoms with Crippen LogP contribution in [0, 0.1) is 11.6 Å². The molecule has 164 valence electrons. The van der Waals surface area contributed by atoms with Crippen molar-refractivity contribution >= 4 is 9.84 Å². The molecule has 3 rings (SSSR count). The van der Waals surface area contributed by atoms with Gasteiger partial charge >= 0.3 is 5.56 Å². The molecule has 10 heteroatoms. The molecule has 1 heterocycles. The number of aliphatic hydroxyl groups is 1. The van der Waals surface area contributed by atoms with Crippen molar-refractivity contribution in [2.45, 2.75) is 24.3 Å². The molecule has 1 aromatic heterocycles. The van der Waals surface area contributed by atoms with Crippen molar-refractivity contribution in [3.05, 3.63) is 70.6 Å². The first-order valence-corrected chi connectivity index (χ1v) is 11.0. The Labute approximate surface area is 177 Å². The minimum Gasteiger partial charge on any atom is -0.484 e. The summed E-state index contributed by atoms with van der Waals surface area (Å²) in [5.74, 6) is -2.41. The Morgan fingerprint density at radius 1 is 1.10 bits per heavy atom. The van der Waals surface area contributed by atoms with Crippen molar-refractivity contribution in [3.8, 4) is 22.6 Å². The van der Waals surface area contributed by atoms with Crippen LogP contribution in [0.25, 0.3) is 16.8 Å². The van der Waals surface area contributed by atoms with E-state index in [0.29, 0.717) is 5.56 Å². The second-order valence-electron chi connectivity index (χ2n) is 7.60. The standard InChI is InChI=1S/C21H20F2N2O5S/c1-21(2,27)12-30-19-16(13-4-7-15(8-5-13)31(3,28)29)11-24-25(20(19)26)14-6-9-17(22)18(23)10-14/h4-11,27H,12H2,1-3H3. The van der Waals surface area contributed by atoms with Gasteiger partial charge in [0, 0.05) is 17.9 Å². The molecule has 0 unspecified atom stereocenters. The Morgan fingerprint density at radius 3 is 2.29 bits per heavy atom. The van der Waals surface area contributed by atoms with Crippen LogP contribution in [-0.4, -0.2) is 41.8 Å². The van der Waals surface area contributed by atoms with Gasteiger partial charge < -0.3 is 9.84 Å². The van der Waals surface area contributed by atoms with E-state index in [2.05, 4.69) is 5.10 Å². The minimum atomic E-state index is -3.41. The van der Waals surface area contributed by atoms with Crippen LogP contribution in [0.2, 0.25) is 0 Å². The molecule has 0 aliphatic heterocycles. The summed E-state index contributed by atoms with van der Waals surface area (Å²) in [5, 5.41) is 14.0. The zero-order chi connectivity index (χ0) is 23.0. The van der Waals surface area contributed by atoms with Crippen LogP contribution in [0.1, 0.15) is 13.8 Å². The van der Waals surface area contributed by atoms with Crippen LogP contribution in [0.4, 0.5) is 8.78 Å². The molecule has 0 radical (unpaired) electrons. The molecule has 7 nitrogen and oxygen atoms in total. The van der Waals surface area contributed by atoms with Gasteiger partial charge in [0.25, 0.3) is 0 Å². The van der Waals surface area contributed by atoms with Gasteiger partial charge in [-0.25, -0.2) is 17.2 Å². The van der Waals surface area contributed by atoms with Crippen molar-refractivity contribution < 1.29 is 27.0 Å². The summed E-state index contributed by atoms with van der Waals surface area (Å²) in [4.78, 5) is 13.2. The number of ether oxygens (including phenoxy) is 1. The summed E-state index contributed by atoms with van der Waals surface area (Å²) < 4.78 is 56.7. The van der Waals surface area contributed by atoms with E-state index in [0.717, 1.165) is 23.1 Å². The Morgan fingerprint density at radius 2 is 1.74 bits per heavy atom. The van der Waals surface area contributed by atoms with Crippen LogP contribution in [-0.2, 0) is 9.84 Å². The van der Waals surface area contributed by atoms with Gasteiger partial charge in [-0.05, 0) is 43.7 Å². The van der Waals surface area contributed by atoms with Gasteiger partial charge in [-0.3, -0.25) is 4.79 Å². The maximum absolute atomic E-state index is 13.6. The highest BCUT2D eigenvalue weighted by molar-refractivity contribution is 7.90. The lowest BCUT2D eigenvalue weighted by molar-refractivity contribution is 0.0280. The molecule has 0 aliphatic rings. The smallest absolute Gasteiger partial charge is 0.314 e. The SMILES string of the molecule is CC(C)(O)COc1c(-c2ccc(S(C)(=O)=O)cc2)cnn(-c2ccc(F)c(F)c2)c1=O. The van der Waals surface area contributed by atoms with E-state index < -0.39 is 32.6 Å². The van der Waals surface area contributed by atoms with Crippen molar-refractivity contribution in [2.75, 3.05) is 12.9 Å². The van der Waals surface area contributed by atoms with Gasteiger partial charge in [-0.2, -0.15) is 9.78 Å². The van der Waals surface area contributed by atoms with Gasteiger partial charge in [-0.15, -0.1) is 0 Å². The number of sulfone groups is 1. The number of aromatic nitrogens is 2. The average molecular weight is 450 g/mol. The molecule has 0 fully saturated rings. The summed E-state index contributed by atoms with van der Waals surface area (Å²) in [5.41, 5.74) is -1.36. The largest absolute Gasteiger partial charge is 0.484 e. The summed E-state index contributed by atoms with van der Waals surface area (Å²) in [6.07, 6.45) is 2.36. The number of hydrogen-bond donors (Lipinski definition) is 1. The van der Waals surface area contributed by atoms with Gasteiger partial charge in [0.2, 0.25) is 0 Å². The van der Waals surface area contributed by atoms with Crippen LogP contribution in [0.3, 0.4) is 0 Å². The summed E-state index contributed by atoms with van der Waals surface area (Å²) >= 11 is 0. The van der Waals surface area contributed by atoms with Crippen molar-refractivity contribution in [3.63, 3.8) is 0 Å². The summed E-state index contributed by atoms with van der Waals surface area (Å²) in [6.45, 7) is 2.74. The lowest BCUT2D eigenvalue weighted by Crippen LogP contribution is -2.31. The molecule has 0 atom stereocenters. The highest BCUT2D eigenvalue weighted by atomic mass is 32.2. The topological polar surface area (TPSA) is 98.5 Å². The molecule has 0 bridgehead atoms. The zero-order valence-electron chi connectivity index (χ0n) is 17.0. The zero-order valence-corrected chi connectivity index (χ0v) is 17.8. The van der Waals surface area contributed by atoms with Crippen LogP contribution in [0.15, 0.2) is 58.4 Å². The van der Waals surface area contributed by atoms with Crippen LogP contribution >= 0.6 is 0 Å². The third-order valence-electron chi connectivity index (χ3n) is 4.24. The highest BCUT2D eigenvalue weighted by Gasteiger charge is 2.21. The lowest BCUT2D eigenvalue weighted by atomic mass is 10.1. The van der Waals surface area contributed by atoms with Crippen LogP contribution in [0.5, 0.6) is 5.75 Å². The van der Waals surface area contributed by atoms with E-state index in [-0.39, 0.29) is 28.5 Å². The molecule has 3 aromatic rings. The maximum atomic E-state index is 13.6. The Bertz CT molecular complexity index is 1280. The fourth-order valence-corrected chi connectivity index (χ4v) is 3.34. The first-order chi connectivity index (χ1) is 14.4. The fraction of sp³-hybridized carbons (Fsp3) is 0.238. The predicted molar refractivity (Wildman–Crippen MR) is 110 cm³/mol. The van der Waals surface area contributed by atoms with E-state index in [1.165, 1.54) is 50.4 Å². The molecule has 31 heavy (non-hydrogen) atoms. The number of halogens is 2. The molecule has 0 saturated carbocycles. The first-order valence-electron chi connectivity index (χ1n) is 9.10. The Kier molecular flexibility index (Phi) is 5.97. The summed E-state index contributed by atoms with van der Waals surface area (Å²) in [6, 6.07) is 8.62. The third kappa shape index (κ3) is 5.15. The molecular formula is C21H20F2N2O5S. The molecule has 0 saturated heterocycles. The maximum Gasteiger partial charge on any atom is 0.314 e. The van der Waals surface area contributed by atoms with Gasteiger partial charge in [0.1, 0.15) is 6.61 Å². The Hall–Kier alpha value is -3.11. The normalized spacial score (nSPS) is 12.1. The minimum absolute atomic E-state index is 0.0176. The molecule has 2 aromatic carbocycles. The number of nitrogens with zero attached hydrogens (tertiary/aromatic N) is 2. The number of hydrogen-bond acceptors (Lipinski definition) is 6.